The number of thioether (sulfide) groups is 1. The van der Waals surface area contributed by atoms with Crippen molar-refractivity contribution in [3.63, 3.8) is 0 Å². The van der Waals surface area contributed by atoms with E-state index in [-0.39, 0.29) is 25.3 Å². The Balaban J connectivity index is 5.19. The van der Waals surface area contributed by atoms with Crippen LogP contribution >= 0.6 is 11.8 Å². The van der Waals surface area contributed by atoms with E-state index < -0.39 is 59.9 Å². The molecule has 5 unspecified atom stereocenters. The number of nitrogens with zero attached hydrogens (tertiary/aromatic N) is 1. The van der Waals surface area contributed by atoms with E-state index in [2.05, 4.69) is 20.9 Å². The number of aliphatic imine (C=N–C) groups is 1. The molecule has 14 heteroatoms. The molecule has 0 spiro atoms. The summed E-state index contributed by atoms with van der Waals surface area (Å²) in [4.78, 5) is 53.2. The molecule has 196 valence electrons. The van der Waals surface area contributed by atoms with Crippen LogP contribution in [0.1, 0.15) is 40.0 Å². The van der Waals surface area contributed by atoms with Gasteiger partial charge in [-0.2, -0.15) is 11.8 Å². The summed E-state index contributed by atoms with van der Waals surface area (Å²) in [6, 6.07) is -4.55. The standard InChI is InChI=1S/C20H39N7O6S/c1-10(2)14(17(30)25-13(19(32)33)7-9-34-4)26-18(31)15(11(3)28)27-16(29)12(21)6-5-8-24-20(22)23/h10-15,28H,5-9,21H2,1-4H3,(H,25,30)(H,26,31)(H,27,29)(H,32,33)(H4,22,23,24). The predicted molar refractivity (Wildman–Crippen MR) is 131 cm³/mol. The molecule has 0 radical (unpaired) electrons. The van der Waals surface area contributed by atoms with E-state index >= 15 is 0 Å². The average Bonchev–Trinajstić information content (AvgIpc) is 2.74. The number of aliphatic hydroxyl groups is 1. The zero-order chi connectivity index (χ0) is 26.4. The lowest BCUT2D eigenvalue weighted by Gasteiger charge is -2.28. The first-order valence-corrected chi connectivity index (χ1v) is 12.3. The minimum Gasteiger partial charge on any atom is -0.480 e. The quantitative estimate of drug-likeness (QED) is 0.0634. The monoisotopic (exact) mass is 505 g/mol. The van der Waals surface area contributed by atoms with Gasteiger partial charge in [0, 0.05) is 6.54 Å². The van der Waals surface area contributed by atoms with E-state index in [1.807, 2.05) is 6.26 Å². The van der Waals surface area contributed by atoms with Gasteiger partial charge in [-0.05, 0) is 44.1 Å². The van der Waals surface area contributed by atoms with Crippen molar-refractivity contribution >= 4 is 41.4 Å². The number of guanidine groups is 1. The number of carboxylic acids is 1. The molecular formula is C20H39N7O6S. The molecule has 0 heterocycles. The Morgan fingerprint density at radius 3 is 1.97 bits per heavy atom. The molecule has 11 N–H and O–H groups in total. The number of nitrogens with one attached hydrogen (secondary N) is 3. The van der Waals surface area contributed by atoms with Gasteiger partial charge in [0.05, 0.1) is 12.1 Å². The maximum atomic E-state index is 12.8. The summed E-state index contributed by atoms with van der Waals surface area (Å²) in [5.74, 6) is -3.28. The molecule has 0 fully saturated rings. The van der Waals surface area contributed by atoms with Crippen molar-refractivity contribution in [1.82, 2.24) is 16.0 Å². The minimum atomic E-state index is -1.38. The molecule has 0 aliphatic rings. The van der Waals surface area contributed by atoms with Gasteiger partial charge in [-0.15, -0.1) is 0 Å². The second-order valence-corrected chi connectivity index (χ2v) is 9.18. The van der Waals surface area contributed by atoms with Gasteiger partial charge in [-0.1, -0.05) is 13.8 Å². The van der Waals surface area contributed by atoms with E-state index in [1.165, 1.54) is 18.7 Å². The largest absolute Gasteiger partial charge is 0.480 e. The van der Waals surface area contributed by atoms with Gasteiger partial charge >= 0.3 is 5.97 Å². The second-order valence-electron chi connectivity index (χ2n) is 8.19. The Kier molecular flexibility index (Phi) is 14.9. The number of rotatable bonds is 16. The molecule has 34 heavy (non-hydrogen) atoms. The topological polar surface area (TPSA) is 235 Å². The van der Waals surface area contributed by atoms with Gasteiger partial charge in [0.2, 0.25) is 17.7 Å². The number of aliphatic carboxylic acids is 1. The van der Waals surface area contributed by atoms with Crippen LogP contribution < -0.4 is 33.2 Å². The van der Waals surface area contributed by atoms with Crippen LogP contribution in [0.3, 0.4) is 0 Å². The fourth-order valence-corrected chi connectivity index (χ4v) is 3.32. The number of hydrogen-bond donors (Lipinski definition) is 8. The molecule has 13 nitrogen and oxygen atoms in total. The highest BCUT2D eigenvalue weighted by molar-refractivity contribution is 7.98. The molecule has 0 bridgehead atoms. The maximum absolute atomic E-state index is 12.8. The average molecular weight is 506 g/mol. The van der Waals surface area contributed by atoms with Crippen molar-refractivity contribution < 1.29 is 29.4 Å². The van der Waals surface area contributed by atoms with Crippen molar-refractivity contribution in [3.05, 3.63) is 0 Å². The van der Waals surface area contributed by atoms with Gasteiger partial charge in [0.25, 0.3) is 0 Å². The zero-order valence-corrected chi connectivity index (χ0v) is 20.9. The van der Waals surface area contributed by atoms with E-state index in [0.717, 1.165) is 0 Å². The van der Waals surface area contributed by atoms with Crippen LogP contribution in [-0.2, 0) is 19.2 Å². The first-order valence-electron chi connectivity index (χ1n) is 10.9. The summed E-state index contributed by atoms with van der Waals surface area (Å²) >= 11 is 1.44. The Labute approximate surface area is 204 Å². The highest BCUT2D eigenvalue weighted by Gasteiger charge is 2.33. The molecule has 0 saturated carbocycles. The molecule has 0 aliphatic heterocycles. The summed E-state index contributed by atoms with van der Waals surface area (Å²) in [7, 11) is 0. The molecule has 0 aliphatic carbocycles. The van der Waals surface area contributed by atoms with Crippen molar-refractivity contribution in [3.8, 4) is 0 Å². The van der Waals surface area contributed by atoms with Gasteiger partial charge in [-0.3, -0.25) is 19.4 Å². The fourth-order valence-electron chi connectivity index (χ4n) is 2.85. The van der Waals surface area contributed by atoms with Crippen LogP contribution in [0.15, 0.2) is 4.99 Å². The van der Waals surface area contributed by atoms with E-state index in [4.69, 9.17) is 17.2 Å². The molecule has 5 atom stereocenters. The summed E-state index contributed by atoms with van der Waals surface area (Å²) < 4.78 is 0. The van der Waals surface area contributed by atoms with Crippen molar-refractivity contribution in [2.24, 2.45) is 28.1 Å². The van der Waals surface area contributed by atoms with Crippen molar-refractivity contribution in [2.75, 3.05) is 18.6 Å². The van der Waals surface area contributed by atoms with Crippen LogP contribution in [-0.4, -0.2) is 88.7 Å². The SMILES string of the molecule is CSCCC(NC(=O)C(NC(=O)C(NC(=O)C(N)CCCN=C(N)N)C(C)O)C(C)C)C(=O)O. The first kappa shape index (κ1) is 31.4. The normalized spacial score (nSPS) is 15.4. The molecule has 0 aromatic carbocycles. The number of hydrogen-bond acceptors (Lipinski definition) is 8. The van der Waals surface area contributed by atoms with Gasteiger partial charge in [-0.25, -0.2) is 4.79 Å². The van der Waals surface area contributed by atoms with E-state index in [9.17, 15) is 29.4 Å². The van der Waals surface area contributed by atoms with Gasteiger partial charge < -0.3 is 43.4 Å². The van der Waals surface area contributed by atoms with Crippen LogP contribution in [0.25, 0.3) is 0 Å². The lowest BCUT2D eigenvalue weighted by atomic mass is 10.0. The first-order chi connectivity index (χ1) is 15.8. The summed E-state index contributed by atoms with van der Waals surface area (Å²) in [6.45, 7) is 4.93. The maximum Gasteiger partial charge on any atom is 0.326 e. The Morgan fingerprint density at radius 1 is 0.941 bits per heavy atom. The van der Waals surface area contributed by atoms with Crippen LogP contribution in [0.4, 0.5) is 0 Å². The fraction of sp³-hybridized carbons (Fsp3) is 0.750. The smallest absolute Gasteiger partial charge is 0.326 e. The molecule has 0 rings (SSSR count). The third-order valence-corrected chi connectivity index (χ3v) is 5.48. The van der Waals surface area contributed by atoms with E-state index in [0.29, 0.717) is 12.2 Å². The molecule has 0 aromatic heterocycles. The lowest BCUT2D eigenvalue weighted by molar-refractivity contribution is -0.142. The number of amides is 3. The molecular weight excluding hydrogens is 466 g/mol. The second kappa shape index (κ2) is 16.1. The van der Waals surface area contributed by atoms with Crippen molar-refractivity contribution in [2.45, 2.75) is 70.3 Å². The number of carboxylic acid groups (broad SMARTS) is 1. The van der Waals surface area contributed by atoms with Gasteiger partial charge in [0.1, 0.15) is 18.1 Å². The number of nitrogens with two attached hydrogens (primary N) is 3. The van der Waals surface area contributed by atoms with Crippen molar-refractivity contribution in [1.29, 1.82) is 0 Å². The molecule has 0 aromatic rings. The highest BCUT2D eigenvalue weighted by atomic mass is 32.2. The Bertz CT molecular complexity index is 716. The molecule has 3 amide bonds. The molecule has 0 saturated heterocycles. The zero-order valence-electron chi connectivity index (χ0n) is 20.1. The number of aliphatic hydroxyl groups excluding tert-OH is 1. The van der Waals surface area contributed by atoms with Crippen LogP contribution in [0, 0.1) is 5.92 Å². The summed E-state index contributed by atoms with van der Waals surface area (Å²) in [6.07, 6.45) is 1.41. The summed E-state index contributed by atoms with van der Waals surface area (Å²) in [5, 5.41) is 26.7. The van der Waals surface area contributed by atoms with E-state index in [1.54, 1.807) is 13.8 Å². The summed E-state index contributed by atoms with van der Waals surface area (Å²) in [5.41, 5.74) is 16.3. The third kappa shape index (κ3) is 12.0. The number of carbonyl (C=O) groups excluding carboxylic acids is 3. The minimum absolute atomic E-state index is 0.0773. The lowest BCUT2D eigenvalue weighted by Crippen LogP contribution is -2.60. The highest BCUT2D eigenvalue weighted by Crippen LogP contribution is 2.07. The Morgan fingerprint density at radius 2 is 1.50 bits per heavy atom. The van der Waals surface area contributed by atoms with Crippen LogP contribution in [0.5, 0.6) is 0 Å². The Hall–Kier alpha value is -2.58. The van der Waals surface area contributed by atoms with Gasteiger partial charge in [0.15, 0.2) is 5.96 Å². The van der Waals surface area contributed by atoms with Crippen LogP contribution in [0.2, 0.25) is 0 Å². The third-order valence-electron chi connectivity index (χ3n) is 4.84. The predicted octanol–water partition coefficient (Wildman–Crippen LogP) is -2.30. The number of carbonyl (C=O) groups is 4.